The van der Waals surface area contributed by atoms with Crippen LogP contribution in [0.4, 0.5) is 5.69 Å². The zero-order chi connectivity index (χ0) is 15.5. The van der Waals surface area contributed by atoms with Gasteiger partial charge < -0.3 is 10.1 Å². The van der Waals surface area contributed by atoms with Gasteiger partial charge in [0.25, 0.3) is 0 Å². The molecule has 0 radical (unpaired) electrons. The van der Waals surface area contributed by atoms with Crippen LogP contribution in [0.5, 0.6) is 5.75 Å². The van der Waals surface area contributed by atoms with E-state index in [0.29, 0.717) is 10.6 Å². The molecule has 0 saturated carbocycles. The molecule has 0 aliphatic heterocycles. The first-order chi connectivity index (χ1) is 9.91. The second kappa shape index (κ2) is 6.18. The summed E-state index contributed by atoms with van der Waals surface area (Å²) in [7, 11) is -1.64. The van der Waals surface area contributed by atoms with E-state index in [-0.39, 0.29) is 6.04 Å². The molecule has 0 aliphatic carbocycles. The van der Waals surface area contributed by atoms with Crippen LogP contribution in [-0.4, -0.2) is 21.8 Å². The zero-order valence-corrected chi connectivity index (χ0v) is 13.1. The average molecular weight is 305 g/mol. The molecule has 0 saturated heterocycles. The van der Waals surface area contributed by atoms with Gasteiger partial charge in [-0.3, -0.25) is 0 Å². The number of benzene rings is 2. The van der Waals surface area contributed by atoms with Crippen LogP contribution in [0.25, 0.3) is 0 Å². The van der Waals surface area contributed by atoms with Gasteiger partial charge in [0.2, 0.25) is 0 Å². The van der Waals surface area contributed by atoms with Crippen molar-refractivity contribution in [2.75, 3.05) is 18.7 Å². The van der Waals surface area contributed by atoms with Gasteiger partial charge in [-0.15, -0.1) is 0 Å². The number of para-hydroxylation sites is 1. The molecule has 21 heavy (non-hydrogen) atoms. The molecule has 0 fully saturated rings. The fraction of sp³-hybridized carbons (Fsp3) is 0.250. The highest BCUT2D eigenvalue weighted by atomic mass is 32.2. The number of nitrogens with one attached hydrogen (secondary N) is 1. The smallest absolute Gasteiger partial charge is 0.177 e. The highest BCUT2D eigenvalue weighted by Gasteiger charge is 2.15. The summed E-state index contributed by atoms with van der Waals surface area (Å²) in [6.45, 7) is 1.98. The molecule has 2 aromatic carbocycles. The molecule has 1 unspecified atom stereocenters. The van der Waals surface area contributed by atoms with Crippen molar-refractivity contribution in [2.45, 2.75) is 17.9 Å². The number of rotatable bonds is 5. The lowest BCUT2D eigenvalue weighted by atomic mass is 10.1. The van der Waals surface area contributed by atoms with Crippen LogP contribution in [-0.2, 0) is 9.84 Å². The van der Waals surface area contributed by atoms with E-state index in [4.69, 9.17) is 4.74 Å². The van der Waals surface area contributed by atoms with E-state index in [0.717, 1.165) is 11.3 Å². The van der Waals surface area contributed by atoms with E-state index in [1.54, 1.807) is 25.3 Å². The van der Waals surface area contributed by atoms with Crippen LogP contribution in [0.1, 0.15) is 18.5 Å². The van der Waals surface area contributed by atoms with Crippen LogP contribution in [0.2, 0.25) is 0 Å². The first kappa shape index (κ1) is 15.4. The summed E-state index contributed by atoms with van der Waals surface area (Å²) in [4.78, 5) is 0.305. The summed E-state index contributed by atoms with van der Waals surface area (Å²) < 4.78 is 28.8. The van der Waals surface area contributed by atoms with Gasteiger partial charge in [-0.05, 0) is 36.8 Å². The van der Waals surface area contributed by atoms with Gasteiger partial charge >= 0.3 is 0 Å². The molecule has 0 aromatic heterocycles. The molecule has 1 atom stereocenters. The Bertz CT molecular complexity index is 726. The quantitative estimate of drug-likeness (QED) is 0.921. The molecular weight excluding hydrogens is 286 g/mol. The highest BCUT2D eigenvalue weighted by molar-refractivity contribution is 7.90. The predicted octanol–water partition coefficient (Wildman–Crippen LogP) is 3.27. The summed E-state index contributed by atoms with van der Waals surface area (Å²) in [5.74, 6) is 0.776. The molecule has 2 aromatic rings. The predicted molar refractivity (Wildman–Crippen MR) is 84.6 cm³/mol. The topological polar surface area (TPSA) is 55.4 Å². The van der Waals surface area contributed by atoms with Crippen molar-refractivity contribution in [1.82, 2.24) is 0 Å². The third-order valence-electron chi connectivity index (χ3n) is 3.25. The van der Waals surface area contributed by atoms with Crippen molar-refractivity contribution < 1.29 is 13.2 Å². The van der Waals surface area contributed by atoms with Gasteiger partial charge in [-0.2, -0.15) is 0 Å². The van der Waals surface area contributed by atoms with E-state index in [1.807, 2.05) is 37.3 Å². The fourth-order valence-corrected chi connectivity index (χ4v) is 2.99. The lowest BCUT2D eigenvalue weighted by molar-refractivity contribution is 0.414. The van der Waals surface area contributed by atoms with Crippen molar-refractivity contribution >= 4 is 15.5 Å². The van der Waals surface area contributed by atoms with Crippen molar-refractivity contribution in [3.05, 3.63) is 54.1 Å². The Balaban J connectivity index is 2.30. The number of methoxy groups -OCH3 is 1. The van der Waals surface area contributed by atoms with E-state index in [2.05, 4.69) is 5.32 Å². The van der Waals surface area contributed by atoms with Gasteiger partial charge in [0.05, 0.1) is 17.7 Å². The van der Waals surface area contributed by atoms with Crippen LogP contribution < -0.4 is 10.1 Å². The lowest BCUT2D eigenvalue weighted by Crippen LogP contribution is -2.10. The fourth-order valence-electron chi connectivity index (χ4n) is 2.14. The third-order valence-corrected chi connectivity index (χ3v) is 4.41. The minimum atomic E-state index is -3.26. The van der Waals surface area contributed by atoms with Gasteiger partial charge in [-0.25, -0.2) is 8.42 Å². The number of hydrogen-bond donors (Lipinski definition) is 1. The number of ether oxygens (including phenoxy) is 1. The summed E-state index contributed by atoms with van der Waals surface area (Å²) >= 11 is 0. The third kappa shape index (κ3) is 3.76. The van der Waals surface area contributed by atoms with Crippen LogP contribution in [0, 0.1) is 0 Å². The Kier molecular flexibility index (Phi) is 4.53. The Labute approximate surface area is 125 Å². The lowest BCUT2D eigenvalue weighted by Gasteiger charge is -2.18. The Morgan fingerprint density at radius 3 is 2.48 bits per heavy atom. The van der Waals surface area contributed by atoms with Gasteiger partial charge in [-0.1, -0.05) is 24.3 Å². The van der Waals surface area contributed by atoms with E-state index >= 15 is 0 Å². The SMILES string of the molecule is COc1cccc(C(C)Nc2ccccc2S(C)(=O)=O)c1. The molecule has 1 N–H and O–H groups in total. The molecule has 4 nitrogen and oxygen atoms in total. The van der Waals surface area contributed by atoms with E-state index in [1.165, 1.54) is 6.26 Å². The molecule has 0 heterocycles. The monoisotopic (exact) mass is 305 g/mol. The van der Waals surface area contributed by atoms with Crippen molar-refractivity contribution in [2.24, 2.45) is 0 Å². The molecule has 0 amide bonds. The minimum Gasteiger partial charge on any atom is -0.497 e. The molecular formula is C16H19NO3S. The number of hydrogen-bond acceptors (Lipinski definition) is 4. The summed E-state index contributed by atoms with van der Waals surface area (Å²) in [6, 6.07) is 14.6. The Morgan fingerprint density at radius 1 is 1.10 bits per heavy atom. The first-order valence-electron chi connectivity index (χ1n) is 6.61. The van der Waals surface area contributed by atoms with Crippen molar-refractivity contribution in [3.8, 4) is 5.75 Å². The van der Waals surface area contributed by atoms with E-state index in [9.17, 15) is 8.42 Å². The number of sulfone groups is 1. The Hall–Kier alpha value is -2.01. The van der Waals surface area contributed by atoms with Crippen LogP contribution in [0.3, 0.4) is 0 Å². The summed E-state index contributed by atoms with van der Waals surface area (Å²) in [5.41, 5.74) is 1.63. The molecule has 0 aliphatic rings. The molecule has 0 bridgehead atoms. The van der Waals surface area contributed by atoms with Crippen molar-refractivity contribution in [3.63, 3.8) is 0 Å². The Morgan fingerprint density at radius 2 is 1.81 bits per heavy atom. The average Bonchev–Trinajstić information content (AvgIpc) is 2.46. The molecule has 112 valence electrons. The van der Waals surface area contributed by atoms with E-state index < -0.39 is 9.84 Å². The maximum Gasteiger partial charge on any atom is 0.177 e. The van der Waals surface area contributed by atoms with Gasteiger partial charge in [0.15, 0.2) is 9.84 Å². The van der Waals surface area contributed by atoms with Gasteiger partial charge in [0, 0.05) is 12.3 Å². The summed E-state index contributed by atoms with van der Waals surface area (Å²) in [5, 5.41) is 3.25. The second-order valence-electron chi connectivity index (χ2n) is 4.91. The highest BCUT2D eigenvalue weighted by Crippen LogP contribution is 2.27. The van der Waals surface area contributed by atoms with Crippen molar-refractivity contribution in [1.29, 1.82) is 0 Å². The second-order valence-corrected chi connectivity index (χ2v) is 6.90. The van der Waals surface area contributed by atoms with Crippen LogP contribution >= 0.6 is 0 Å². The largest absolute Gasteiger partial charge is 0.497 e. The normalized spacial score (nSPS) is 12.7. The standard InChI is InChI=1S/C16H19NO3S/c1-12(13-7-6-8-14(11-13)20-2)17-15-9-4-5-10-16(15)21(3,18)19/h4-12,17H,1-3H3. The summed E-state index contributed by atoms with van der Waals surface area (Å²) in [6.07, 6.45) is 1.21. The molecule has 0 spiro atoms. The minimum absolute atomic E-state index is 0.0389. The zero-order valence-electron chi connectivity index (χ0n) is 12.3. The first-order valence-corrected chi connectivity index (χ1v) is 8.50. The van der Waals surface area contributed by atoms with Crippen LogP contribution in [0.15, 0.2) is 53.4 Å². The number of anilines is 1. The molecule has 5 heteroatoms. The van der Waals surface area contributed by atoms with Gasteiger partial charge in [0.1, 0.15) is 5.75 Å². The molecule has 2 rings (SSSR count). The maximum atomic E-state index is 11.8. The maximum absolute atomic E-state index is 11.8.